The Morgan fingerprint density at radius 1 is 1.44 bits per heavy atom. The van der Waals surface area contributed by atoms with Gasteiger partial charge in [0.1, 0.15) is 12.1 Å². The van der Waals surface area contributed by atoms with E-state index < -0.39 is 0 Å². The van der Waals surface area contributed by atoms with E-state index in [-0.39, 0.29) is 10.8 Å². The van der Waals surface area contributed by atoms with Crippen LogP contribution in [-0.2, 0) is 9.59 Å². The normalized spacial score (nSPS) is 44.1. The van der Waals surface area contributed by atoms with Crippen LogP contribution in [0, 0.1) is 22.7 Å². The molecular formula is C14H18O2. The molecule has 16 heavy (non-hydrogen) atoms. The molecule has 2 heteroatoms. The molecule has 0 aliphatic heterocycles. The first-order valence-electron chi connectivity index (χ1n) is 6.22. The maximum Gasteiger partial charge on any atom is 0.146 e. The van der Waals surface area contributed by atoms with Gasteiger partial charge in [-0.3, -0.25) is 9.59 Å². The van der Waals surface area contributed by atoms with Crippen LogP contribution >= 0.6 is 0 Å². The predicted octanol–water partition coefficient (Wildman–Crippen LogP) is 2.53. The van der Waals surface area contributed by atoms with E-state index in [1.807, 2.05) is 6.08 Å². The van der Waals surface area contributed by atoms with Crippen molar-refractivity contribution in [1.29, 1.82) is 0 Å². The Hall–Kier alpha value is -0.920. The number of fused-ring (bicyclic) bond motifs is 1. The summed E-state index contributed by atoms with van der Waals surface area (Å²) < 4.78 is 0. The van der Waals surface area contributed by atoms with Crippen LogP contribution in [0.5, 0.6) is 0 Å². The van der Waals surface area contributed by atoms with Crippen LogP contribution in [-0.4, -0.2) is 12.1 Å². The fourth-order valence-corrected chi connectivity index (χ4v) is 4.61. The van der Waals surface area contributed by atoms with E-state index in [4.69, 9.17) is 0 Å². The van der Waals surface area contributed by atoms with Crippen LogP contribution in [0.15, 0.2) is 11.6 Å². The Morgan fingerprint density at radius 3 is 2.88 bits per heavy atom. The second kappa shape index (κ2) is 2.85. The Kier molecular flexibility index (Phi) is 1.82. The number of hydrogen-bond donors (Lipinski definition) is 0. The van der Waals surface area contributed by atoms with E-state index in [9.17, 15) is 9.59 Å². The third-order valence-electron chi connectivity index (χ3n) is 5.54. The standard InChI is InChI=1S/C14H18O2/c1-13(2)9-3-4-10(8-15)14(7-9)11(13)5-6-12(14)16/h4,8-9,11H,3,5-7H2,1-2H3/t9-,11+,14+/m1/s1. The molecule has 0 aromatic rings. The van der Waals surface area contributed by atoms with Gasteiger partial charge in [-0.1, -0.05) is 19.9 Å². The highest BCUT2D eigenvalue weighted by molar-refractivity contribution is 5.98. The van der Waals surface area contributed by atoms with Gasteiger partial charge in [0.05, 0.1) is 5.41 Å². The molecule has 3 rings (SSSR count). The van der Waals surface area contributed by atoms with Crippen molar-refractivity contribution in [2.24, 2.45) is 22.7 Å². The molecule has 0 heterocycles. The summed E-state index contributed by atoms with van der Waals surface area (Å²) in [6.07, 6.45) is 6.53. The van der Waals surface area contributed by atoms with Crippen LogP contribution in [0.25, 0.3) is 0 Å². The number of allylic oxidation sites excluding steroid dienone is 2. The summed E-state index contributed by atoms with van der Waals surface area (Å²) >= 11 is 0. The number of aldehydes is 1. The zero-order valence-electron chi connectivity index (χ0n) is 9.95. The highest BCUT2D eigenvalue weighted by atomic mass is 16.1. The molecule has 0 amide bonds. The first-order chi connectivity index (χ1) is 7.53. The lowest BCUT2D eigenvalue weighted by atomic mass is 9.69. The molecule has 2 nitrogen and oxygen atoms in total. The van der Waals surface area contributed by atoms with Crippen molar-refractivity contribution in [3.8, 4) is 0 Å². The monoisotopic (exact) mass is 218 g/mol. The molecule has 0 aromatic heterocycles. The average Bonchev–Trinajstić information content (AvgIpc) is 2.65. The highest BCUT2D eigenvalue weighted by Crippen LogP contribution is 2.68. The summed E-state index contributed by atoms with van der Waals surface area (Å²) in [6, 6.07) is 0. The van der Waals surface area contributed by atoms with Crippen molar-refractivity contribution in [3.63, 3.8) is 0 Å². The van der Waals surface area contributed by atoms with Gasteiger partial charge < -0.3 is 0 Å². The number of carbonyl (C=O) groups is 2. The minimum Gasteiger partial charge on any atom is -0.299 e. The van der Waals surface area contributed by atoms with Crippen molar-refractivity contribution in [1.82, 2.24) is 0 Å². The van der Waals surface area contributed by atoms with E-state index in [1.54, 1.807) is 0 Å². The minimum absolute atomic E-state index is 0.216. The maximum atomic E-state index is 12.2. The van der Waals surface area contributed by atoms with Crippen molar-refractivity contribution in [2.45, 2.75) is 39.5 Å². The van der Waals surface area contributed by atoms with Crippen molar-refractivity contribution in [2.75, 3.05) is 0 Å². The van der Waals surface area contributed by atoms with E-state index in [0.717, 1.165) is 31.1 Å². The molecule has 0 N–H and O–H groups in total. The molecule has 0 unspecified atom stereocenters. The Labute approximate surface area is 96.1 Å². The Balaban J connectivity index is 2.19. The van der Waals surface area contributed by atoms with Gasteiger partial charge in [-0.2, -0.15) is 0 Å². The molecule has 2 fully saturated rings. The molecular weight excluding hydrogens is 200 g/mol. The molecule has 1 spiro atoms. The number of rotatable bonds is 1. The first kappa shape index (κ1) is 10.2. The van der Waals surface area contributed by atoms with Gasteiger partial charge >= 0.3 is 0 Å². The Morgan fingerprint density at radius 2 is 2.19 bits per heavy atom. The maximum absolute atomic E-state index is 12.2. The zero-order chi connectivity index (χ0) is 11.6. The van der Waals surface area contributed by atoms with Gasteiger partial charge in [0, 0.05) is 12.0 Å². The number of ketones is 1. The average molecular weight is 218 g/mol. The van der Waals surface area contributed by atoms with Crippen molar-refractivity contribution >= 4 is 12.1 Å². The number of Topliss-reactive ketones (excluding diaryl/α,β-unsaturated/α-hetero) is 1. The summed E-state index contributed by atoms with van der Waals surface area (Å²) in [5, 5.41) is 0. The summed E-state index contributed by atoms with van der Waals surface area (Å²) in [5.74, 6) is 1.31. The topological polar surface area (TPSA) is 34.1 Å². The van der Waals surface area contributed by atoms with Crippen molar-refractivity contribution < 1.29 is 9.59 Å². The first-order valence-corrected chi connectivity index (χ1v) is 6.22. The number of carbonyl (C=O) groups excluding carboxylic acids is 2. The summed E-state index contributed by atoms with van der Waals surface area (Å²) in [7, 11) is 0. The lowest BCUT2D eigenvalue weighted by Gasteiger charge is -2.33. The van der Waals surface area contributed by atoms with Crippen molar-refractivity contribution in [3.05, 3.63) is 11.6 Å². The third kappa shape index (κ3) is 0.899. The minimum atomic E-state index is -0.381. The van der Waals surface area contributed by atoms with Crippen LogP contribution in [0.3, 0.4) is 0 Å². The molecule has 0 aromatic carbocycles. The Bertz CT molecular complexity index is 405. The number of hydrogen-bond acceptors (Lipinski definition) is 2. The van der Waals surface area contributed by atoms with E-state index in [1.165, 1.54) is 0 Å². The predicted molar refractivity (Wildman–Crippen MR) is 60.8 cm³/mol. The van der Waals surface area contributed by atoms with Gasteiger partial charge in [-0.15, -0.1) is 0 Å². The summed E-state index contributed by atoms with van der Waals surface area (Å²) in [6.45, 7) is 4.56. The van der Waals surface area contributed by atoms with Crippen LogP contribution < -0.4 is 0 Å². The lowest BCUT2D eigenvalue weighted by molar-refractivity contribution is -0.126. The highest BCUT2D eigenvalue weighted by Gasteiger charge is 2.65. The van der Waals surface area contributed by atoms with E-state index >= 15 is 0 Å². The molecule has 3 atom stereocenters. The smallest absolute Gasteiger partial charge is 0.146 e. The molecule has 0 saturated heterocycles. The second-order valence-electron chi connectivity index (χ2n) is 6.22. The van der Waals surface area contributed by atoms with Gasteiger partial charge in [0.25, 0.3) is 0 Å². The zero-order valence-corrected chi connectivity index (χ0v) is 9.95. The van der Waals surface area contributed by atoms with Gasteiger partial charge in [0.2, 0.25) is 0 Å². The lowest BCUT2D eigenvalue weighted by Crippen LogP contribution is -2.34. The molecule has 3 aliphatic carbocycles. The van der Waals surface area contributed by atoms with Crippen LogP contribution in [0.2, 0.25) is 0 Å². The molecule has 0 radical (unpaired) electrons. The van der Waals surface area contributed by atoms with Gasteiger partial charge in [-0.25, -0.2) is 0 Å². The fourth-order valence-electron chi connectivity index (χ4n) is 4.61. The van der Waals surface area contributed by atoms with Crippen LogP contribution in [0.1, 0.15) is 39.5 Å². The summed E-state index contributed by atoms with van der Waals surface area (Å²) in [4.78, 5) is 23.5. The van der Waals surface area contributed by atoms with E-state index in [0.29, 0.717) is 24.0 Å². The van der Waals surface area contributed by atoms with Gasteiger partial charge in [0.15, 0.2) is 0 Å². The third-order valence-corrected chi connectivity index (χ3v) is 5.54. The molecule has 2 bridgehead atoms. The second-order valence-corrected chi connectivity index (χ2v) is 6.22. The SMILES string of the molecule is CC1(C)[C@@H]2CC=C(C=O)[C@]3(C2)C(=O)CC[C@@H]13. The van der Waals surface area contributed by atoms with Crippen LogP contribution in [0.4, 0.5) is 0 Å². The largest absolute Gasteiger partial charge is 0.299 e. The van der Waals surface area contributed by atoms with Gasteiger partial charge in [-0.05, 0) is 36.5 Å². The molecule has 2 saturated carbocycles. The molecule has 3 aliphatic rings. The summed E-state index contributed by atoms with van der Waals surface area (Å²) in [5.41, 5.74) is 0.628. The molecule has 86 valence electrons. The quantitative estimate of drug-likeness (QED) is 0.634. The fraction of sp³-hybridized carbons (Fsp3) is 0.714. The van der Waals surface area contributed by atoms with E-state index in [2.05, 4.69) is 13.8 Å².